The van der Waals surface area contributed by atoms with Gasteiger partial charge in [0.15, 0.2) is 0 Å². The SMILES string of the molecule is COc1cc(C)ccc1C1(CN)CC1(C)C. The monoisotopic (exact) mass is 219 g/mol. The number of rotatable bonds is 3. The van der Waals surface area contributed by atoms with E-state index in [1.165, 1.54) is 11.1 Å². The Morgan fingerprint density at radius 1 is 1.38 bits per heavy atom. The van der Waals surface area contributed by atoms with Crippen LogP contribution >= 0.6 is 0 Å². The van der Waals surface area contributed by atoms with Crippen molar-refractivity contribution in [2.24, 2.45) is 11.1 Å². The molecule has 1 atom stereocenters. The first-order valence-electron chi connectivity index (χ1n) is 5.82. The molecule has 1 saturated carbocycles. The summed E-state index contributed by atoms with van der Waals surface area (Å²) < 4.78 is 5.49. The predicted molar refractivity (Wildman–Crippen MR) is 66.9 cm³/mol. The van der Waals surface area contributed by atoms with Crippen LogP contribution in [0.1, 0.15) is 31.4 Å². The lowest BCUT2D eigenvalue weighted by molar-refractivity contribution is 0.395. The number of nitrogens with two attached hydrogens (primary N) is 1. The van der Waals surface area contributed by atoms with Gasteiger partial charge in [-0.25, -0.2) is 0 Å². The second kappa shape index (κ2) is 3.49. The standard InChI is InChI=1S/C14H21NO/c1-10-5-6-11(12(7-10)16-4)14(9-15)8-13(14,2)3/h5-7H,8-9,15H2,1-4H3. The van der Waals surface area contributed by atoms with Crippen molar-refractivity contribution in [2.75, 3.05) is 13.7 Å². The molecule has 2 rings (SSSR count). The highest BCUT2D eigenvalue weighted by Crippen LogP contribution is 2.65. The van der Waals surface area contributed by atoms with Gasteiger partial charge in [-0.05, 0) is 30.4 Å². The van der Waals surface area contributed by atoms with Crippen LogP contribution in [-0.2, 0) is 5.41 Å². The Hall–Kier alpha value is -1.02. The fourth-order valence-corrected chi connectivity index (χ4v) is 2.82. The van der Waals surface area contributed by atoms with E-state index in [1.807, 2.05) is 0 Å². The molecule has 0 bridgehead atoms. The van der Waals surface area contributed by atoms with Gasteiger partial charge in [-0.3, -0.25) is 0 Å². The quantitative estimate of drug-likeness (QED) is 0.848. The minimum atomic E-state index is 0.117. The average Bonchev–Trinajstić information content (AvgIpc) is 2.82. The first kappa shape index (κ1) is 11.5. The molecule has 1 aliphatic carbocycles. The van der Waals surface area contributed by atoms with Gasteiger partial charge in [0.25, 0.3) is 0 Å². The van der Waals surface area contributed by atoms with E-state index >= 15 is 0 Å². The molecule has 1 unspecified atom stereocenters. The van der Waals surface area contributed by atoms with Crippen LogP contribution < -0.4 is 10.5 Å². The van der Waals surface area contributed by atoms with Gasteiger partial charge in [-0.1, -0.05) is 26.0 Å². The molecule has 88 valence electrons. The summed E-state index contributed by atoms with van der Waals surface area (Å²) in [6, 6.07) is 6.42. The third kappa shape index (κ3) is 1.44. The Morgan fingerprint density at radius 3 is 2.44 bits per heavy atom. The fraction of sp³-hybridized carbons (Fsp3) is 0.571. The molecule has 1 aromatic carbocycles. The van der Waals surface area contributed by atoms with E-state index in [0.717, 1.165) is 12.2 Å². The maximum atomic E-state index is 5.98. The summed E-state index contributed by atoms with van der Waals surface area (Å²) in [4.78, 5) is 0. The highest BCUT2D eigenvalue weighted by Gasteiger charge is 2.61. The molecular formula is C14H21NO. The first-order valence-corrected chi connectivity index (χ1v) is 5.82. The smallest absolute Gasteiger partial charge is 0.122 e. The highest BCUT2D eigenvalue weighted by atomic mass is 16.5. The van der Waals surface area contributed by atoms with Crippen LogP contribution in [0.15, 0.2) is 18.2 Å². The summed E-state index contributed by atoms with van der Waals surface area (Å²) in [5.74, 6) is 0.982. The Labute approximate surface area is 97.8 Å². The van der Waals surface area contributed by atoms with E-state index in [0.29, 0.717) is 12.0 Å². The van der Waals surface area contributed by atoms with Gasteiger partial charge in [-0.15, -0.1) is 0 Å². The molecule has 0 saturated heterocycles. The number of hydrogen-bond donors (Lipinski definition) is 1. The zero-order valence-electron chi connectivity index (χ0n) is 10.6. The van der Waals surface area contributed by atoms with Gasteiger partial charge < -0.3 is 10.5 Å². The second-order valence-electron chi connectivity index (χ2n) is 5.55. The van der Waals surface area contributed by atoms with Crippen LogP contribution in [0.5, 0.6) is 5.75 Å². The van der Waals surface area contributed by atoms with Crippen molar-refractivity contribution in [1.82, 2.24) is 0 Å². The average molecular weight is 219 g/mol. The van der Waals surface area contributed by atoms with Crippen molar-refractivity contribution >= 4 is 0 Å². The Balaban J connectivity index is 2.48. The molecule has 2 N–H and O–H groups in total. The van der Waals surface area contributed by atoms with Gasteiger partial charge >= 0.3 is 0 Å². The number of methoxy groups -OCH3 is 1. The number of benzene rings is 1. The molecule has 2 nitrogen and oxygen atoms in total. The van der Waals surface area contributed by atoms with Crippen molar-refractivity contribution in [1.29, 1.82) is 0 Å². The highest BCUT2D eigenvalue weighted by molar-refractivity contribution is 5.48. The lowest BCUT2D eigenvalue weighted by Crippen LogP contribution is -2.25. The lowest BCUT2D eigenvalue weighted by atomic mass is 9.87. The van der Waals surface area contributed by atoms with Crippen LogP contribution in [-0.4, -0.2) is 13.7 Å². The summed E-state index contributed by atoms with van der Waals surface area (Å²) >= 11 is 0. The van der Waals surface area contributed by atoms with E-state index in [2.05, 4.69) is 39.0 Å². The second-order valence-corrected chi connectivity index (χ2v) is 5.55. The van der Waals surface area contributed by atoms with Gasteiger partial charge in [0.2, 0.25) is 0 Å². The molecule has 16 heavy (non-hydrogen) atoms. The predicted octanol–water partition coefficient (Wildman–Crippen LogP) is 2.63. The van der Waals surface area contributed by atoms with Crippen molar-refractivity contribution in [3.05, 3.63) is 29.3 Å². The summed E-state index contributed by atoms with van der Waals surface area (Å²) in [5.41, 5.74) is 8.89. The lowest BCUT2D eigenvalue weighted by Gasteiger charge is -2.22. The number of ether oxygens (including phenoxy) is 1. The summed E-state index contributed by atoms with van der Waals surface area (Å²) in [5, 5.41) is 0. The van der Waals surface area contributed by atoms with Crippen LogP contribution in [0.25, 0.3) is 0 Å². The third-order valence-electron chi connectivity index (χ3n) is 4.14. The Kier molecular flexibility index (Phi) is 2.50. The Bertz CT molecular complexity index is 411. The molecular weight excluding hydrogens is 198 g/mol. The number of aryl methyl sites for hydroxylation is 1. The van der Waals surface area contributed by atoms with Crippen LogP contribution in [0, 0.1) is 12.3 Å². The molecule has 0 heterocycles. The molecule has 1 fully saturated rings. The van der Waals surface area contributed by atoms with E-state index in [-0.39, 0.29) is 5.41 Å². The summed E-state index contributed by atoms with van der Waals surface area (Å²) in [6.07, 6.45) is 1.15. The van der Waals surface area contributed by atoms with Crippen molar-refractivity contribution in [2.45, 2.75) is 32.6 Å². The summed E-state index contributed by atoms with van der Waals surface area (Å²) in [7, 11) is 1.73. The summed E-state index contributed by atoms with van der Waals surface area (Å²) in [6.45, 7) is 7.33. The minimum Gasteiger partial charge on any atom is -0.496 e. The van der Waals surface area contributed by atoms with E-state index in [4.69, 9.17) is 10.5 Å². The maximum absolute atomic E-state index is 5.98. The van der Waals surface area contributed by atoms with Gasteiger partial charge in [0.05, 0.1) is 7.11 Å². The van der Waals surface area contributed by atoms with E-state index < -0.39 is 0 Å². The van der Waals surface area contributed by atoms with Gasteiger partial charge in [0, 0.05) is 17.5 Å². The molecule has 0 spiro atoms. The molecule has 0 aliphatic heterocycles. The zero-order valence-corrected chi connectivity index (χ0v) is 10.6. The molecule has 2 heteroatoms. The van der Waals surface area contributed by atoms with E-state index in [1.54, 1.807) is 7.11 Å². The molecule has 0 radical (unpaired) electrons. The van der Waals surface area contributed by atoms with E-state index in [9.17, 15) is 0 Å². The molecule has 0 aromatic heterocycles. The van der Waals surface area contributed by atoms with Crippen molar-refractivity contribution in [3.8, 4) is 5.75 Å². The normalized spacial score (nSPS) is 26.6. The van der Waals surface area contributed by atoms with Gasteiger partial charge in [0.1, 0.15) is 5.75 Å². The zero-order chi connectivity index (χ0) is 12.0. The fourth-order valence-electron chi connectivity index (χ4n) is 2.82. The van der Waals surface area contributed by atoms with Crippen LogP contribution in [0.4, 0.5) is 0 Å². The topological polar surface area (TPSA) is 35.2 Å². The van der Waals surface area contributed by atoms with Gasteiger partial charge in [-0.2, -0.15) is 0 Å². The third-order valence-corrected chi connectivity index (χ3v) is 4.14. The van der Waals surface area contributed by atoms with Crippen LogP contribution in [0.3, 0.4) is 0 Å². The maximum Gasteiger partial charge on any atom is 0.122 e. The largest absolute Gasteiger partial charge is 0.496 e. The molecule has 1 aromatic rings. The number of hydrogen-bond acceptors (Lipinski definition) is 2. The van der Waals surface area contributed by atoms with Crippen molar-refractivity contribution < 1.29 is 4.74 Å². The minimum absolute atomic E-state index is 0.117. The molecule has 1 aliphatic rings. The van der Waals surface area contributed by atoms with Crippen LogP contribution in [0.2, 0.25) is 0 Å². The Morgan fingerprint density at radius 2 is 2.00 bits per heavy atom. The van der Waals surface area contributed by atoms with Crippen molar-refractivity contribution in [3.63, 3.8) is 0 Å². The molecule has 0 amide bonds. The first-order chi connectivity index (χ1) is 7.47.